The first-order valence-corrected chi connectivity index (χ1v) is 9.68. The molecule has 1 saturated heterocycles. The van der Waals surface area contributed by atoms with E-state index in [1.165, 1.54) is 22.7 Å². The maximum atomic E-state index is 13.0. The molecule has 1 aromatic carbocycles. The van der Waals surface area contributed by atoms with Crippen LogP contribution >= 0.6 is 12.4 Å². The van der Waals surface area contributed by atoms with E-state index >= 15 is 0 Å². The number of benzene rings is 1. The van der Waals surface area contributed by atoms with E-state index < -0.39 is 15.8 Å². The van der Waals surface area contributed by atoms with E-state index in [0.717, 1.165) is 12.1 Å². The zero-order valence-corrected chi connectivity index (χ0v) is 16.1. The van der Waals surface area contributed by atoms with Gasteiger partial charge in [-0.3, -0.25) is 4.79 Å². The number of hydrogen-bond donors (Lipinski definition) is 1. The fraction of sp³-hybridized carbons (Fsp3) is 0.353. The van der Waals surface area contributed by atoms with Gasteiger partial charge in [-0.15, -0.1) is 12.4 Å². The highest BCUT2D eigenvalue weighted by atomic mass is 35.5. The number of carbonyl (C=O) groups is 1. The van der Waals surface area contributed by atoms with Crippen molar-refractivity contribution in [2.24, 2.45) is 5.73 Å². The van der Waals surface area contributed by atoms with E-state index in [0.29, 0.717) is 30.8 Å². The second kappa shape index (κ2) is 8.83. The van der Waals surface area contributed by atoms with E-state index in [9.17, 15) is 17.6 Å². The van der Waals surface area contributed by atoms with Crippen LogP contribution in [-0.2, 0) is 16.6 Å². The first-order valence-electron chi connectivity index (χ1n) is 8.24. The number of halogens is 2. The molecule has 2 heterocycles. The average Bonchev–Trinajstić information content (AvgIpc) is 2.97. The lowest BCUT2D eigenvalue weighted by atomic mass is 10.2. The summed E-state index contributed by atoms with van der Waals surface area (Å²) < 4.78 is 45.0. The number of furan rings is 1. The first-order chi connectivity index (χ1) is 12.4. The Hall–Kier alpha value is -1.94. The van der Waals surface area contributed by atoms with E-state index in [4.69, 9.17) is 10.2 Å². The zero-order valence-electron chi connectivity index (χ0n) is 14.5. The molecule has 0 atom stereocenters. The van der Waals surface area contributed by atoms with Gasteiger partial charge < -0.3 is 15.1 Å². The Morgan fingerprint density at radius 1 is 1.15 bits per heavy atom. The number of sulfonamides is 1. The number of nitrogens with two attached hydrogens (primary N) is 1. The highest BCUT2D eigenvalue weighted by molar-refractivity contribution is 7.89. The summed E-state index contributed by atoms with van der Waals surface area (Å²) >= 11 is 0. The molecule has 1 aromatic heterocycles. The second-order valence-electron chi connectivity index (χ2n) is 6.01. The van der Waals surface area contributed by atoms with Crippen molar-refractivity contribution in [1.29, 1.82) is 0 Å². The summed E-state index contributed by atoms with van der Waals surface area (Å²) in [6, 6.07) is 6.33. The van der Waals surface area contributed by atoms with Crippen LogP contribution in [0.15, 0.2) is 45.9 Å². The zero-order chi connectivity index (χ0) is 18.7. The molecule has 1 amide bonds. The van der Waals surface area contributed by atoms with Crippen molar-refractivity contribution >= 4 is 28.3 Å². The van der Waals surface area contributed by atoms with Crippen LogP contribution < -0.4 is 5.73 Å². The Labute approximate surface area is 163 Å². The van der Waals surface area contributed by atoms with Crippen molar-refractivity contribution < 1.29 is 22.0 Å². The van der Waals surface area contributed by atoms with Gasteiger partial charge >= 0.3 is 0 Å². The quantitative estimate of drug-likeness (QED) is 0.818. The lowest BCUT2D eigenvalue weighted by Gasteiger charge is -2.21. The molecule has 148 valence electrons. The lowest BCUT2D eigenvalue weighted by Crippen LogP contribution is -2.37. The van der Waals surface area contributed by atoms with E-state index in [-0.39, 0.29) is 42.8 Å². The van der Waals surface area contributed by atoms with E-state index in [2.05, 4.69) is 0 Å². The van der Waals surface area contributed by atoms with Crippen molar-refractivity contribution in [3.05, 3.63) is 53.7 Å². The van der Waals surface area contributed by atoms with Crippen molar-refractivity contribution in [1.82, 2.24) is 9.21 Å². The van der Waals surface area contributed by atoms with Gasteiger partial charge in [0.05, 0.1) is 17.0 Å². The fourth-order valence-electron chi connectivity index (χ4n) is 2.88. The van der Waals surface area contributed by atoms with Crippen molar-refractivity contribution in [2.75, 3.05) is 26.2 Å². The van der Waals surface area contributed by atoms with Gasteiger partial charge in [0.2, 0.25) is 10.0 Å². The fourth-order valence-corrected chi connectivity index (χ4v) is 4.34. The van der Waals surface area contributed by atoms with Crippen LogP contribution in [0.3, 0.4) is 0 Å². The first kappa shape index (κ1) is 21.4. The van der Waals surface area contributed by atoms with Crippen LogP contribution in [-0.4, -0.2) is 49.7 Å². The van der Waals surface area contributed by atoms with E-state index in [1.807, 2.05) is 0 Å². The van der Waals surface area contributed by atoms with Crippen molar-refractivity contribution in [3.8, 4) is 0 Å². The molecule has 2 aromatic rings. The van der Waals surface area contributed by atoms with Gasteiger partial charge in [0.15, 0.2) is 0 Å². The topological polar surface area (TPSA) is 96.9 Å². The lowest BCUT2D eigenvalue weighted by molar-refractivity contribution is 0.0763. The molecule has 27 heavy (non-hydrogen) atoms. The normalized spacial score (nSPS) is 15.9. The summed E-state index contributed by atoms with van der Waals surface area (Å²) in [5.41, 5.74) is 5.88. The Bertz CT molecular complexity index is 886. The maximum Gasteiger partial charge on any atom is 0.257 e. The molecule has 0 bridgehead atoms. The minimum atomic E-state index is -3.72. The number of amides is 1. The molecule has 3 rings (SSSR count). The van der Waals surface area contributed by atoms with Crippen molar-refractivity contribution in [3.63, 3.8) is 0 Å². The third-order valence-corrected chi connectivity index (χ3v) is 6.21. The van der Waals surface area contributed by atoms with Crippen LogP contribution in [0.2, 0.25) is 0 Å². The molecule has 0 spiro atoms. The third-order valence-electron chi connectivity index (χ3n) is 4.30. The predicted molar refractivity (Wildman–Crippen MR) is 99.5 cm³/mol. The number of hydrogen-bond acceptors (Lipinski definition) is 5. The predicted octanol–water partition coefficient (Wildman–Crippen LogP) is 1.84. The standard InChI is InChI=1S/C17H20FN3O4S.ClH/c18-14-2-4-16(5-3-14)26(23,24)21-7-1-6-20(8-9-21)17(22)13-10-15(11-19)25-12-13;/h2-5,10,12H,1,6-9,11,19H2;1H. The third kappa shape index (κ3) is 4.67. The minimum Gasteiger partial charge on any atom is -0.467 e. The number of rotatable bonds is 4. The smallest absolute Gasteiger partial charge is 0.257 e. The molecule has 1 fully saturated rings. The van der Waals surface area contributed by atoms with Gasteiger partial charge in [-0.25, -0.2) is 12.8 Å². The van der Waals surface area contributed by atoms with Gasteiger partial charge in [0.25, 0.3) is 5.91 Å². The highest BCUT2D eigenvalue weighted by Crippen LogP contribution is 2.19. The molecule has 0 unspecified atom stereocenters. The summed E-state index contributed by atoms with van der Waals surface area (Å²) in [6.45, 7) is 1.38. The van der Waals surface area contributed by atoms with Crippen LogP contribution in [0.1, 0.15) is 22.5 Å². The molecule has 1 aliphatic heterocycles. The second-order valence-corrected chi connectivity index (χ2v) is 7.95. The summed E-state index contributed by atoms with van der Waals surface area (Å²) in [6.07, 6.45) is 1.87. The molecule has 0 radical (unpaired) electrons. The molecule has 2 N–H and O–H groups in total. The van der Waals surface area contributed by atoms with Gasteiger partial charge in [-0.05, 0) is 36.8 Å². The van der Waals surface area contributed by atoms with Gasteiger partial charge in [-0.2, -0.15) is 4.31 Å². The average molecular weight is 418 g/mol. The minimum absolute atomic E-state index is 0. The SMILES string of the molecule is Cl.NCc1cc(C(=O)N2CCCN(S(=O)(=O)c3ccc(F)cc3)CC2)co1. The molecule has 1 aliphatic rings. The summed E-state index contributed by atoms with van der Waals surface area (Å²) in [7, 11) is -3.72. The number of carbonyl (C=O) groups excluding carboxylic acids is 1. The van der Waals surface area contributed by atoms with Crippen LogP contribution in [0, 0.1) is 5.82 Å². The van der Waals surface area contributed by atoms with Crippen LogP contribution in [0.25, 0.3) is 0 Å². The van der Waals surface area contributed by atoms with Crippen molar-refractivity contribution in [2.45, 2.75) is 17.9 Å². The molecular weight excluding hydrogens is 397 g/mol. The Morgan fingerprint density at radius 3 is 2.48 bits per heavy atom. The van der Waals surface area contributed by atoms with Gasteiger partial charge in [0, 0.05) is 26.2 Å². The molecule has 10 heteroatoms. The molecule has 0 aliphatic carbocycles. The molecule has 0 saturated carbocycles. The van der Waals surface area contributed by atoms with E-state index in [1.54, 1.807) is 11.0 Å². The van der Waals surface area contributed by atoms with Gasteiger partial charge in [0.1, 0.15) is 17.8 Å². The Balaban J connectivity index is 0.00000261. The molecule has 7 nitrogen and oxygen atoms in total. The summed E-state index contributed by atoms with van der Waals surface area (Å²) in [5.74, 6) is -0.188. The highest BCUT2D eigenvalue weighted by Gasteiger charge is 2.29. The summed E-state index contributed by atoms with van der Waals surface area (Å²) in [5, 5.41) is 0. The largest absolute Gasteiger partial charge is 0.467 e. The molecular formula is C17H21ClFN3O4S. The Morgan fingerprint density at radius 2 is 1.85 bits per heavy atom. The Kier molecular flexibility index (Phi) is 6.99. The summed E-state index contributed by atoms with van der Waals surface area (Å²) in [4.78, 5) is 14.2. The van der Waals surface area contributed by atoms with Gasteiger partial charge in [-0.1, -0.05) is 0 Å². The maximum absolute atomic E-state index is 13.0. The van der Waals surface area contributed by atoms with Crippen LogP contribution in [0.4, 0.5) is 4.39 Å². The number of nitrogens with zero attached hydrogens (tertiary/aromatic N) is 2. The monoisotopic (exact) mass is 417 g/mol. The van der Waals surface area contributed by atoms with Crippen LogP contribution in [0.5, 0.6) is 0 Å².